The summed E-state index contributed by atoms with van der Waals surface area (Å²) in [6.07, 6.45) is 1.16. The molecule has 0 aromatic carbocycles. The number of nitrogen functional groups attached to an aromatic ring is 1. The average Bonchev–Trinajstić information content (AvgIpc) is 2.32. The van der Waals surface area contributed by atoms with Crippen LogP contribution in [0.4, 0.5) is 5.13 Å². The maximum Gasteiger partial charge on any atom is 0.180 e. The fourth-order valence-corrected chi connectivity index (χ4v) is 1.77. The van der Waals surface area contributed by atoms with Crippen LogP contribution in [0, 0.1) is 5.41 Å². The molecule has 0 amide bonds. The van der Waals surface area contributed by atoms with Gasteiger partial charge in [-0.25, -0.2) is 4.98 Å². The Hall–Kier alpha value is -0.610. The molecule has 1 aromatic heterocycles. The number of aromatic nitrogens is 1. The molecular weight excluding hydrogens is 172 g/mol. The van der Waals surface area contributed by atoms with E-state index in [4.69, 9.17) is 5.73 Å². The van der Waals surface area contributed by atoms with Gasteiger partial charge in [0.25, 0.3) is 0 Å². The lowest BCUT2D eigenvalue weighted by molar-refractivity contribution is 0.0656. The summed E-state index contributed by atoms with van der Waals surface area (Å²) in [5, 5.41) is 10.3. The highest BCUT2D eigenvalue weighted by atomic mass is 32.1. The van der Waals surface area contributed by atoms with Gasteiger partial charge in [-0.3, -0.25) is 0 Å². The monoisotopic (exact) mass is 186 g/mol. The third kappa shape index (κ3) is 1.95. The van der Waals surface area contributed by atoms with Crippen molar-refractivity contribution in [3.63, 3.8) is 0 Å². The highest BCUT2D eigenvalue weighted by molar-refractivity contribution is 7.15. The Kier molecular flexibility index (Phi) is 2.39. The molecule has 1 heterocycles. The van der Waals surface area contributed by atoms with Crippen molar-refractivity contribution in [2.45, 2.75) is 26.9 Å². The van der Waals surface area contributed by atoms with Crippen LogP contribution in [0.2, 0.25) is 0 Å². The fourth-order valence-electron chi connectivity index (χ4n) is 0.854. The van der Waals surface area contributed by atoms with Gasteiger partial charge in [0.1, 0.15) is 0 Å². The van der Waals surface area contributed by atoms with Crippen molar-refractivity contribution in [3.05, 3.63) is 11.1 Å². The molecule has 0 radical (unpaired) electrons. The summed E-state index contributed by atoms with van der Waals surface area (Å²) >= 11 is 1.34. The first kappa shape index (κ1) is 9.48. The highest BCUT2D eigenvalue weighted by Gasteiger charge is 2.25. The van der Waals surface area contributed by atoms with E-state index in [-0.39, 0.29) is 5.41 Å². The van der Waals surface area contributed by atoms with E-state index in [9.17, 15) is 5.11 Å². The predicted octanol–water partition coefficient (Wildman–Crippen LogP) is 1.80. The van der Waals surface area contributed by atoms with E-state index in [2.05, 4.69) is 4.98 Å². The van der Waals surface area contributed by atoms with Gasteiger partial charge in [0.05, 0.1) is 11.0 Å². The lowest BCUT2D eigenvalue weighted by Gasteiger charge is -2.24. The molecule has 1 atom stereocenters. The molecule has 0 aliphatic rings. The highest BCUT2D eigenvalue weighted by Crippen LogP contribution is 2.35. The SMILES string of the molecule is CC(C)(C)C(O)c1cnc(N)s1. The zero-order chi connectivity index (χ0) is 9.35. The van der Waals surface area contributed by atoms with Crippen LogP contribution in [0.1, 0.15) is 31.8 Å². The van der Waals surface area contributed by atoms with Gasteiger partial charge in [0, 0.05) is 6.20 Å². The molecule has 3 N–H and O–H groups in total. The minimum absolute atomic E-state index is 0.154. The molecule has 0 bridgehead atoms. The van der Waals surface area contributed by atoms with Crippen LogP contribution in [0.25, 0.3) is 0 Å². The summed E-state index contributed by atoms with van der Waals surface area (Å²) in [5.74, 6) is 0. The van der Waals surface area contributed by atoms with Gasteiger partial charge in [-0.2, -0.15) is 0 Å². The van der Waals surface area contributed by atoms with E-state index in [1.54, 1.807) is 6.20 Å². The van der Waals surface area contributed by atoms with Crippen LogP contribution >= 0.6 is 11.3 Å². The van der Waals surface area contributed by atoms with Crippen LogP contribution in [-0.2, 0) is 0 Å². The quantitative estimate of drug-likeness (QED) is 0.703. The molecule has 0 saturated carbocycles. The molecule has 0 aliphatic heterocycles. The van der Waals surface area contributed by atoms with Crippen molar-refractivity contribution in [3.8, 4) is 0 Å². The number of hydrogen-bond donors (Lipinski definition) is 2. The molecule has 0 saturated heterocycles. The van der Waals surface area contributed by atoms with E-state index >= 15 is 0 Å². The van der Waals surface area contributed by atoms with Gasteiger partial charge in [-0.05, 0) is 5.41 Å². The molecule has 0 spiro atoms. The summed E-state index contributed by atoms with van der Waals surface area (Å²) in [6.45, 7) is 5.94. The Morgan fingerprint density at radius 1 is 1.58 bits per heavy atom. The number of nitrogens with two attached hydrogens (primary N) is 1. The number of anilines is 1. The van der Waals surface area contributed by atoms with Crippen molar-refractivity contribution in [2.24, 2.45) is 5.41 Å². The van der Waals surface area contributed by atoms with E-state index < -0.39 is 6.10 Å². The van der Waals surface area contributed by atoms with Crippen LogP contribution < -0.4 is 5.73 Å². The normalized spacial score (nSPS) is 14.7. The number of rotatable bonds is 1. The second-order valence-electron chi connectivity index (χ2n) is 3.87. The molecule has 1 unspecified atom stereocenters. The molecule has 0 fully saturated rings. The summed E-state index contributed by atoms with van der Waals surface area (Å²) in [6, 6.07) is 0. The van der Waals surface area contributed by atoms with Crippen molar-refractivity contribution >= 4 is 16.5 Å². The largest absolute Gasteiger partial charge is 0.387 e. The Morgan fingerprint density at radius 2 is 2.17 bits per heavy atom. The standard InChI is InChI=1S/C8H14N2OS/c1-8(2,3)6(11)5-4-10-7(9)12-5/h4,6,11H,1-3H3,(H2,9,10). The topological polar surface area (TPSA) is 59.1 Å². The van der Waals surface area contributed by atoms with Crippen LogP contribution in [0.5, 0.6) is 0 Å². The molecule has 0 aliphatic carbocycles. The average molecular weight is 186 g/mol. The van der Waals surface area contributed by atoms with Gasteiger partial charge < -0.3 is 10.8 Å². The lowest BCUT2D eigenvalue weighted by atomic mass is 9.89. The molecule has 68 valence electrons. The van der Waals surface area contributed by atoms with Crippen LogP contribution in [0.3, 0.4) is 0 Å². The van der Waals surface area contributed by atoms with Gasteiger partial charge in [-0.15, -0.1) is 0 Å². The second-order valence-corrected chi connectivity index (χ2v) is 4.96. The van der Waals surface area contributed by atoms with Crippen LogP contribution in [-0.4, -0.2) is 10.1 Å². The molecule has 1 rings (SSSR count). The maximum atomic E-state index is 9.79. The molecule has 4 heteroatoms. The third-order valence-corrected chi connectivity index (χ3v) is 2.51. The summed E-state index contributed by atoms with van der Waals surface area (Å²) in [7, 11) is 0. The molecule has 12 heavy (non-hydrogen) atoms. The number of thiazole rings is 1. The predicted molar refractivity (Wildman–Crippen MR) is 50.9 cm³/mol. The zero-order valence-electron chi connectivity index (χ0n) is 7.53. The van der Waals surface area contributed by atoms with Crippen molar-refractivity contribution in [1.82, 2.24) is 4.98 Å². The smallest absolute Gasteiger partial charge is 0.180 e. The summed E-state index contributed by atoms with van der Waals surface area (Å²) in [4.78, 5) is 4.72. The van der Waals surface area contributed by atoms with Crippen molar-refractivity contribution in [2.75, 3.05) is 5.73 Å². The summed E-state index contributed by atoms with van der Waals surface area (Å²) in [5.41, 5.74) is 5.30. The number of aliphatic hydroxyl groups is 1. The molecular formula is C8H14N2OS. The Labute approximate surface area is 76.3 Å². The van der Waals surface area contributed by atoms with E-state index in [1.165, 1.54) is 11.3 Å². The second kappa shape index (κ2) is 3.03. The maximum absolute atomic E-state index is 9.79. The summed E-state index contributed by atoms with van der Waals surface area (Å²) < 4.78 is 0. The van der Waals surface area contributed by atoms with Crippen LogP contribution in [0.15, 0.2) is 6.20 Å². The van der Waals surface area contributed by atoms with Gasteiger partial charge in [0.2, 0.25) is 0 Å². The lowest BCUT2D eigenvalue weighted by Crippen LogP contribution is -2.16. The van der Waals surface area contributed by atoms with Crippen molar-refractivity contribution in [1.29, 1.82) is 0 Å². The molecule has 1 aromatic rings. The number of aliphatic hydroxyl groups excluding tert-OH is 1. The third-order valence-electron chi connectivity index (χ3n) is 1.63. The number of nitrogens with zero attached hydrogens (tertiary/aromatic N) is 1. The Balaban J connectivity index is 2.85. The molecule has 3 nitrogen and oxygen atoms in total. The van der Waals surface area contributed by atoms with Gasteiger partial charge in [-0.1, -0.05) is 32.1 Å². The van der Waals surface area contributed by atoms with E-state index in [1.807, 2.05) is 20.8 Å². The minimum atomic E-state index is -0.479. The fraction of sp³-hybridized carbons (Fsp3) is 0.625. The van der Waals surface area contributed by atoms with Gasteiger partial charge >= 0.3 is 0 Å². The van der Waals surface area contributed by atoms with E-state index in [0.29, 0.717) is 5.13 Å². The van der Waals surface area contributed by atoms with Crippen molar-refractivity contribution < 1.29 is 5.11 Å². The Morgan fingerprint density at radius 3 is 2.50 bits per heavy atom. The Bertz CT molecular complexity index is 264. The minimum Gasteiger partial charge on any atom is -0.387 e. The zero-order valence-corrected chi connectivity index (χ0v) is 8.35. The van der Waals surface area contributed by atoms with Gasteiger partial charge in [0.15, 0.2) is 5.13 Å². The van der Waals surface area contributed by atoms with E-state index in [0.717, 1.165) is 4.88 Å². The first-order valence-corrected chi connectivity index (χ1v) is 4.62. The number of hydrogen-bond acceptors (Lipinski definition) is 4. The first-order chi connectivity index (χ1) is 5.41. The first-order valence-electron chi connectivity index (χ1n) is 3.80.